The third kappa shape index (κ3) is 2.49. The second-order valence-corrected chi connectivity index (χ2v) is 5.44. The molecule has 0 fully saturated rings. The van der Waals surface area contributed by atoms with Crippen molar-refractivity contribution in [3.05, 3.63) is 48.2 Å². The maximum absolute atomic E-state index is 12.7. The van der Waals surface area contributed by atoms with E-state index < -0.39 is 12.7 Å². The van der Waals surface area contributed by atoms with Gasteiger partial charge in [0.15, 0.2) is 0 Å². The third-order valence-corrected chi connectivity index (χ3v) is 3.83. The third-order valence-electron chi connectivity index (χ3n) is 3.83. The van der Waals surface area contributed by atoms with Crippen molar-refractivity contribution < 1.29 is 13.2 Å². The quantitative estimate of drug-likeness (QED) is 0.730. The average molecular weight is 319 g/mol. The van der Waals surface area contributed by atoms with E-state index in [0.717, 1.165) is 21.6 Å². The SMILES string of the molecule is FC(F)(F)Cn1ncc2c1-c1cn(-c3cccnc3)nc1CC2. The van der Waals surface area contributed by atoms with Crippen molar-refractivity contribution in [2.24, 2.45) is 0 Å². The first-order chi connectivity index (χ1) is 11.0. The highest BCUT2D eigenvalue weighted by Crippen LogP contribution is 2.34. The van der Waals surface area contributed by atoms with Crippen LogP contribution >= 0.6 is 0 Å². The summed E-state index contributed by atoms with van der Waals surface area (Å²) in [6, 6.07) is 3.63. The van der Waals surface area contributed by atoms with Gasteiger partial charge in [0.25, 0.3) is 0 Å². The Morgan fingerprint density at radius 2 is 2.04 bits per heavy atom. The van der Waals surface area contributed by atoms with Crippen LogP contribution in [0.15, 0.2) is 36.9 Å². The predicted molar refractivity (Wildman–Crippen MR) is 76.0 cm³/mol. The normalized spacial score (nSPS) is 13.7. The van der Waals surface area contributed by atoms with Crippen LogP contribution in [-0.4, -0.2) is 30.7 Å². The van der Waals surface area contributed by atoms with Gasteiger partial charge in [0.2, 0.25) is 0 Å². The minimum Gasteiger partial charge on any atom is -0.262 e. The van der Waals surface area contributed by atoms with Crippen LogP contribution in [0.25, 0.3) is 16.9 Å². The van der Waals surface area contributed by atoms with Crippen molar-refractivity contribution >= 4 is 0 Å². The Morgan fingerprint density at radius 1 is 1.17 bits per heavy atom. The molecular weight excluding hydrogens is 307 g/mol. The Bertz CT molecular complexity index is 848. The summed E-state index contributed by atoms with van der Waals surface area (Å²) in [6.07, 6.45) is 3.61. The van der Waals surface area contributed by atoms with Crippen LogP contribution < -0.4 is 0 Å². The number of aryl methyl sites for hydroxylation is 2. The minimum absolute atomic E-state index is 0.513. The second kappa shape index (κ2) is 4.94. The van der Waals surface area contributed by atoms with Crippen LogP contribution in [0.5, 0.6) is 0 Å². The molecule has 118 valence electrons. The van der Waals surface area contributed by atoms with Gasteiger partial charge in [-0.3, -0.25) is 9.67 Å². The number of hydrogen-bond donors (Lipinski definition) is 0. The van der Waals surface area contributed by atoms with Crippen LogP contribution in [0, 0.1) is 0 Å². The maximum atomic E-state index is 12.7. The first-order valence-electron chi connectivity index (χ1n) is 7.12. The van der Waals surface area contributed by atoms with Gasteiger partial charge in [0.1, 0.15) is 6.54 Å². The highest BCUT2D eigenvalue weighted by atomic mass is 19.4. The molecular formula is C15H12F3N5. The first-order valence-corrected chi connectivity index (χ1v) is 7.12. The van der Waals surface area contributed by atoms with E-state index in [0.29, 0.717) is 24.1 Å². The van der Waals surface area contributed by atoms with E-state index in [9.17, 15) is 13.2 Å². The molecule has 0 saturated carbocycles. The lowest BCUT2D eigenvalue weighted by Gasteiger charge is -2.14. The van der Waals surface area contributed by atoms with Crippen molar-refractivity contribution in [3.8, 4) is 16.9 Å². The lowest BCUT2D eigenvalue weighted by Crippen LogP contribution is -2.20. The van der Waals surface area contributed by atoms with Gasteiger partial charge >= 0.3 is 6.18 Å². The summed E-state index contributed by atoms with van der Waals surface area (Å²) in [5.41, 5.74) is 3.60. The van der Waals surface area contributed by atoms with Crippen LogP contribution in [0.1, 0.15) is 11.3 Å². The summed E-state index contributed by atoms with van der Waals surface area (Å²) in [5.74, 6) is 0. The molecule has 4 rings (SSSR count). The van der Waals surface area contributed by atoms with Crippen molar-refractivity contribution in [1.29, 1.82) is 0 Å². The average Bonchev–Trinajstić information content (AvgIpc) is 3.10. The molecule has 0 N–H and O–H groups in total. The predicted octanol–water partition coefficient (Wildman–Crippen LogP) is 2.79. The summed E-state index contributed by atoms with van der Waals surface area (Å²) < 4.78 is 40.9. The van der Waals surface area contributed by atoms with Crippen LogP contribution in [0.2, 0.25) is 0 Å². The fraction of sp³-hybridized carbons (Fsp3) is 0.267. The molecule has 5 nitrogen and oxygen atoms in total. The van der Waals surface area contributed by atoms with Crippen molar-refractivity contribution in [2.75, 3.05) is 0 Å². The van der Waals surface area contributed by atoms with Crippen molar-refractivity contribution in [1.82, 2.24) is 24.5 Å². The molecule has 1 aliphatic carbocycles. The fourth-order valence-corrected chi connectivity index (χ4v) is 2.88. The zero-order chi connectivity index (χ0) is 16.0. The molecule has 0 spiro atoms. The highest BCUT2D eigenvalue weighted by molar-refractivity contribution is 5.68. The number of rotatable bonds is 2. The molecule has 23 heavy (non-hydrogen) atoms. The number of hydrogen-bond acceptors (Lipinski definition) is 3. The van der Waals surface area contributed by atoms with Gasteiger partial charge in [-0.2, -0.15) is 23.4 Å². The standard InChI is InChI=1S/C15H12F3N5/c16-15(17,18)9-23-14-10(6-20-23)3-4-13-12(14)8-22(21-13)11-2-1-5-19-7-11/h1-2,5-8H,3-4,9H2. The molecule has 3 aromatic heterocycles. The van der Waals surface area contributed by atoms with E-state index in [2.05, 4.69) is 15.2 Å². The minimum atomic E-state index is -4.31. The monoisotopic (exact) mass is 319 g/mol. The number of fused-ring (bicyclic) bond motifs is 3. The van der Waals surface area contributed by atoms with Gasteiger partial charge in [0, 0.05) is 18.0 Å². The molecule has 0 radical (unpaired) electrons. The van der Waals surface area contributed by atoms with E-state index in [1.807, 2.05) is 6.07 Å². The smallest absolute Gasteiger partial charge is 0.262 e. The van der Waals surface area contributed by atoms with Crippen LogP contribution in [0.4, 0.5) is 13.2 Å². The summed E-state index contributed by atoms with van der Waals surface area (Å²) in [5, 5.41) is 8.40. The van der Waals surface area contributed by atoms with Gasteiger partial charge in [-0.1, -0.05) is 0 Å². The van der Waals surface area contributed by atoms with Crippen LogP contribution in [0.3, 0.4) is 0 Å². The Balaban J connectivity index is 1.80. The summed E-state index contributed by atoms with van der Waals surface area (Å²) in [6.45, 7) is -1.10. The zero-order valence-corrected chi connectivity index (χ0v) is 12.0. The lowest BCUT2D eigenvalue weighted by atomic mass is 9.96. The van der Waals surface area contributed by atoms with Gasteiger partial charge in [-0.15, -0.1) is 0 Å². The number of aromatic nitrogens is 5. The Morgan fingerprint density at radius 3 is 2.78 bits per heavy atom. The van der Waals surface area contributed by atoms with Crippen molar-refractivity contribution in [2.45, 2.75) is 25.6 Å². The van der Waals surface area contributed by atoms with Gasteiger partial charge in [-0.05, 0) is 30.5 Å². The molecule has 8 heteroatoms. The molecule has 0 saturated heterocycles. The number of halogens is 3. The maximum Gasteiger partial charge on any atom is 0.408 e. The molecule has 0 amide bonds. The van der Waals surface area contributed by atoms with E-state index >= 15 is 0 Å². The van der Waals surface area contributed by atoms with E-state index in [4.69, 9.17) is 0 Å². The Labute approximate surface area is 129 Å². The first kappa shape index (κ1) is 14.0. The molecule has 0 atom stereocenters. The Hall–Kier alpha value is -2.64. The molecule has 3 aromatic rings. The van der Waals surface area contributed by atoms with Gasteiger partial charge < -0.3 is 0 Å². The van der Waals surface area contributed by atoms with Crippen molar-refractivity contribution in [3.63, 3.8) is 0 Å². The topological polar surface area (TPSA) is 48.5 Å². The fourth-order valence-electron chi connectivity index (χ4n) is 2.88. The van der Waals surface area contributed by atoms with E-state index in [1.54, 1.807) is 29.3 Å². The number of pyridine rings is 1. The number of alkyl halides is 3. The Kier molecular flexibility index (Phi) is 3.00. The summed E-state index contributed by atoms with van der Waals surface area (Å²) in [4.78, 5) is 4.04. The largest absolute Gasteiger partial charge is 0.408 e. The molecule has 0 aromatic carbocycles. The molecule has 0 aliphatic heterocycles. The lowest BCUT2D eigenvalue weighted by molar-refractivity contribution is -0.142. The molecule has 0 unspecified atom stereocenters. The van der Waals surface area contributed by atoms with E-state index in [-0.39, 0.29) is 0 Å². The summed E-state index contributed by atoms with van der Waals surface area (Å²) in [7, 11) is 0. The van der Waals surface area contributed by atoms with Gasteiger partial charge in [-0.25, -0.2) is 4.68 Å². The molecule has 0 bridgehead atoms. The summed E-state index contributed by atoms with van der Waals surface area (Å²) >= 11 is 0. The van der Waals surface area contributed by atoms with Crippen LogP contribution in [-0.2, 0) is 19.4 Å². The second-order valence-electron chi connectivity index (χ2n) is 5.44. The van der Waals surface area contributed by atoms with Gasteiger partial charge in [0.05, 0.1) is 29.5 Å². The molecule has 3 heterocycles. The number of nitrogens with zero attached hydrogens (tertiary/aromatic N) is 5. The molecule has 1 aliphatic rings. The zero-order valence-electron chi connectivity index (χ0n) is 12.0. The van der Waals surface area contributed by atoms with E-state index in [1.165, 1.54) is 6.20 Å². The highest BCUT2D eigenvalue weighted by Gasteiger charge is 2.32.